The number of pyridine rings is 1. The van der Waals surface area contributed by atoms with Crippen LogP contribution in [0.1, 0.15) is 13.8 Å². The predicted molar refractivity (Wildman–Crippen MR) is 123 cm³/mol. The van der Waals surface area contributed by atoms with Crippen molar-refractivity contribution in [3.8, 4) is 11.4 Å². The SMILES string of the molecule is C[C@@H]1CN(c2ccc3c(N4CCOCC4)nc(-c4ccc(Cl)cc4)nc3n2)C[C@H](C)O1. The van der Waals surface area contributed by atoms with Crippen LogP contribution in [0.3, 0.4) is 0 Å². The van der Waals surface area contributed by atoms with Crippen LogP contribution in [0.15, 0.2) is 36.4 Å². The third-order valence-corrected chi connectivity index (χ3v) is 5.93. The molecular weight excluding hydrogens is 414 g/mol. The van der Waals surface area contributed by atoms with Crippen LogP contribution in [-0.2, 0) is 9.47 Å². The Bertz CT molecular complexity index is 1060. The molecule has 0 saturated carbocycles. The molecule has 8 heteroatoms. The first-order valence-electron chi connectivity index (χ1n) is 10.7. The number of halogens is 1. The molecule has 7 nitrogen and oxygen atoms in total. The predicted octanol–water partition coefficient (Wildman–Crippen LogP) is 3.80. The van der Waals surface area contributed by atoms with Crippen molar-refractivity contribution in [3.63, 3.8) is 0 Å². The second-order valence-corrected chi connectivity index (χ2v) is 8.62. The van der Waals surface area contributed by atoms with Crippen molar-refractivity contribution < 1.29 is 9.47 Å². The number of fused-ring (bicyclic) bond motifs is 1. The first-order valence-corrected chi connectivity index (χ1v) is 11.1. The highest BCUT2D eigenvalue weighted by atomic mass is 35.5. The van der Waals surface area contributed by atoms with E-state index in [1.54, 1.807) is 0 Å². The van der Waals surface area contributed by atoms with Gasteiger partial charge in [0.25, 0.3) is 0 Å². The first-order chi connectivity index (χ1) is 15.1. The summed E-state index contributed by atoms with van der Waals surface area (Å²) in [5.41, 5.74) is 1.62. The number of nitrogens with zero attached hydrogens (tertiary/aromatic N) is 5. The highest BCUT2D eigenvalue weighted by Crippen LogP contribution is 2.30. The first kappa shape index (κ1) is 20.4. The molecule has 2 aromatic heterocycles. The molecule has 2 saturated heterocycles. The van der Waals surface area contributed by atoms with Crippen molar-refractivity contribution in [1.82, 2.24) is 15.0 Å². The Morgan fingerprint density at radius 1 is 0.871 bits per heavy atom. The van der Waals surface area contributed by atoms with E-state index in [0.717, 1.165) is 48.8 Å². The lowest BCUT2D eigenvalue weighted by atomic mass is 10.2. The van der Waals surface area contributed by atoms with Crippen LogP contribution in [0.5, 0.6) is 0 Å². The molecule has 4 heterocycles. The second kappa shape index (κ2) is 8.57. The molecule has 0 spiro atoms. The standard InChI is InChI=1S/C23H26ClN5O2/c1-15-13-29(14-16(2)31-15)20-8-7-19-22(25-20)26-21(17-3-5-18(24)6-4-17)27-23(19)28-9-11-30-12-10-28/h3-8,15-16H,9-14H2,1-2H3/t15-,16+. The van der Waals surface area contributed by atoms with Gasteiger partial charge in [-0.3, -0.25) is 0 Å². The monoisotopic (exact) mass is 439 g/mol. The highest BCUT2D eigenvalue weighted by Gasteiger charge is 2.24. The molecule has 0 unspecified atom stereocenters. The van der Waals surface area contributed by atoms with Crippen molar-refractivity contribution >= 4 is 34.3 Å². The van der Waals surface area contributed by atoms with Crippen LogP contribution in [0.2, 0.25) is 5.02 Å². The lowest BCUT2D eigenvalue weighted by molar-refractivity contribution is -0.00544. The second-order valence-electron chi connectivity index (χ2n) is 8.18. The average molecular weight is 440 g/mol. The molecule has 0 amide bonds. The number of anilines is 2. The zero-order valence-corrected chi connectivity index (χ0v) is 18.5. The maximum Gasteiger partial charge on any atom is 0.167 e. The molecule has 0 N–H and O–H groups in total. The van der Waals surface area contributed by atoms with Crippen LogP contribution in [0.4, 0.5) is 11.6 Å². The van der Waals surface area contributed by atoms with Gasteiger partial charge >= 0.3 is 0 Å². The van der Waals surface area contributed by atoms with E-state index in [1.165, 1.54) is 0 Å². The Hall–Kier alpha value is -2.48. The summed E-state index contributed by atoms with van der Waals surface area (Å²) >= 11 is 6.09. The molecule has 3 aromatic rings. The molecule has 31 heavy (non-hydrogen) atoms. The van der Waals surface area contributed by atoms with Crippen molar-refractivity contribution in [1.29, 1.82) is 0 Å². The molecule has 5 rings (SSSR count). The average Bonchev–Trinajstić information content (AvgIpc) is 2.78. The van der Waals surface area contributed by atoms with Gasteiger partial charge in [0.05, 0.1) is 30.8 Å². The van der Waals surface area contributed by atoms with E-state index >= 15 is 0 Å². The summed E-state index contributed by atoms with van der Waals surface area (Å²) in [6.45, 7) is 8.80. The van der Waals surface area contributed by atoms with E-state index < -0.39 is 0 Å². The van der Waals surface area contributed by atoms with Crippen molar-refractivity contribution in [3.05, 3.63) is 41.4 Å². The molecule has 2 aliphatic heterocycles. The summed E-state index contributed by atoms with van der Waals surface area (Å²) in [5, 5.41) is 1.65. The molecular formula is C23H26ClN5O2. The van der Waals surface area contributed by atoms with Gasteiger partial charge in [-0.05, 0) is 50.2 Å². The van der Waals surface area contributed by atoms with E-state index in [0.29, 0.717) is 29.7 Å². The minimum Gasteiger partial charge on any atom is -0.378 e. The molecule has 162 valence electrons. The van der Waals surface area contributed by atoms with E-state index in [-0.39, 0.29) is 12.2 Å². The minimum atomic E-state index is 0.167. The maximum absolute atomic E-state index is 6.09. The van der Waals surface area contributed by atoms with E-state index in [9.17, 15) is 0 Å². The largest absolute Gasteiger partial charge is 0.378 e. The third kappa shape index (κ3) is 4.31. The maximum atomic E-state index is 6.09. The Morgan fingerprint density at radius 3 is 2.29 bits per heavy atom. The van der Waals surface area contributed by atoms with Gasteiger partial charge in [-0.2, -0.15) is 0 Å². The number of aromatic nitrogens is 3. The number of benzene rings is 1. The lowest BCUT2D eigenvalue weighted by Crippen LogP contribution is -2.45. The van der Waals surface area contributed by atoms with Crippen LogP contribution in [-0.4, -0.2) is 66.6 Å². The molecule has 2 atom stereocenters. The highest BCUT2D eigenvalue weighted by molar-refractivity contribution is 6.30. The number of hydrogen-bond donors (Lipinski definition) is 0. The van der Waals surface area contributed by atoms with E-state index in [2.05, 4.69) is 35.8 Å². The van der Waals surface area contributed by atoms with Crippen LogP contribution < -0.4 is 9.80 Å². The summed E-state index contributed by atoms with van der Waals surface area (Å²) in [6, 6.07) is 11.8. The van der Waals surface area contributed by atoms with Crippen LogP contribution in [0, 0.1) is 0 Å². The zero-order chi connectivity index (χ0) is 21.4. The fraction of sp³-hybridized carbons (Fsp3) is 0.435. The van der Waals surface area contributed by atoms with E-state index in [4.69, 9.17) is 36.0 Å². The molecule has 0 aliphatic carbocycles. The summed E-state index contributed by atoms with van der Waals surface area (Å²) in [7, 11) is 0. The van der Waals surface area contributed by atoms with Gasteiger partial charge in [-0.15, -0.1) is 0 Å². The Balaban J connectivity index is 1.61. The number of ether oxygens (including phenoxy) is 2. The van der Waals surface area contributed by atoms with Crippen molar-refractivity contribution in [2.75, 3.05) is 49.2 Å². The Labute approximate surface area is 187 Å². The summed E-state index contributed by atoms with van der Waals surface area (Å²) in [5.74, 6) is 2.48. The Morgan fingerprint density at radius 2 is 1.58 bits per heavy atom. The van der Waals surface area contributed by atoms with Crippen molar-refractivity contribution in [2.24, 2.45) is 0 Å². The smallest absolute Gasteiger partial charge is 0.167 e. The fourth-order valence-corrected chi connectivity index (χ4v) is 4.40. The van der Waals surface area contributed by atoms with Crippen LogP contribution >= 0.6 is 11.6 Å². The molecule has 1 aromatic carbocycles. The molecule has 0 radical (unpaired) electrons. The minimum absolute atomic E-state index is 0.167. The van der Waals surface area contributed by atoms with Crippen molar-refractivity contribution in [2.45, 2.75) is 26.1 Å². The quantitative estimate of drug-likeness (QED) is 0.615. The summed E-state index contributed by atoms with van der Waals surface area (Å²) in [4.78, 5) is 19.3. The summed E-state index contributed by atoms with van der Waals surface area (Å²) in [6.07, 6.45) is 0.334. The normalized spacial score (nSPS) is 22.2. The summed E-state index contributed by atoms with van der Waals surface area (Å²) < 4.78 is 11.4. The van der Waals surface area contributed by atoms with E-state index in [1.807, 2.05) is 24.3 Å². The van der Waals surface area contributed by atoms with Gasteiger partial charge in [0.15, 0.2) is 11.5 Å². The Kier molecular flexibility index (Phi) is 5.65. The lowest BCUT2D eigenvalue weighted by Gasteiger charge is -2.36. The zero-order valence-electron chi connectivity index (χ0n) is 17.8. The fourth-order valence-electron chi connectivity index (χ4n) is 4.27. The van der Waals surface area contributed by atoms with Gasteiger partial charge in [0.1, 0.15) is 11.6 Å². The van der Waals surface area contributed by atoms with Gasteiger partial charge in [0.2, 0.25) is 0 Å². The molecule has 2 aliphatic rings. The van der Waals surface area contributed by atoms with Gasteiger partial charge in [0, 0.05) is 36.8 Å². The third-order valence-electron chi connectivity index (χ3n) is 5.68. The van der Waals surface area contributed by atoms with Gasteiger partial charge < -0.3 is 19.3 Å². The topological polar surface area (TPSA) is 63.6 Å². The molecule has 0 bridgehead atoms. The molecule has 2 fully saturated rings. The van der Waals surface area contributed by atoms with Gasteiger partial charge in [-0.1, -0.05) is 11.6 Å². The number of morpholine rings is 2. The van der Waals surface area contributed by atoms with Gasteiger partial charge in [-0.25, -0.2) is 15.0 Å². The van der Waals surface area contributed by atoms with Crippen LogP contribution in [0.25, 0.3) is 22.4 Å². The number of hydrogen-bond acceptors (Lipinski definition) is 7. The number of rotatable bonds is 3.